The predicted molar refractivity (Wildman–Crippen MR) is 289 cm³/mol. The Hall–Kier alpha value is -10.4. The number of nitrogens with zero attached hydrogens (tertiary/aromatic N) is 10. The summed E-state index contributed by atoms with van der Waals surface area (Å²) in [5.74, 6) is 0.530. The van der Waals surface area contributed by atoms with Crippen molar-refractivity contribution in [2.75, 3.05) is 0 Å². The number of hydrogen-bond acceptors (Lipinski definition) is 10. The minimum Gasteiger partial charge on any atom is -0.354 e. The fourth-order valence-electron chi connectivity index (χ4n) is 11.4. The van der Waals surface area contributed by atoms with Crippen molar-refractivity contribution >= 4 is 98.3 Å². The summed E-state index contributed by atoms with van der Waals surface area (Å²) in [6.07, 6.45) is 6.83. The molecule has 0 saturated heterocycles. The fraction of sp³-hybridized carbons (Fsp3) is 0. The molecule has 2 aliphatic heterocycles. The van der Waals surface area contributed by atoms with Crippen molar-refractivity contribution in [2.45, 2.75) is 0 Å². The lowest BCUT2D eigenvalue weighted by atomic mass is 9.78. The number of benzene rings is 8. The van der Waals surface area contributed by atoms with Gasteiger partial charge in [-0.1, -0.05) is 120 Å². The molecule has 8 aromatic carbocycles. The molecule has 13 nitrogen and oxygen atoms in total. The first-order valence-electron chi connectivity index (χ1n) is 23.9. The zero-order chi connectivity index (χ0) is 47.7. The summed E-state index contributed by atoms with van der Waals surface area (Å²) in [4.78, 5) is 37.1. The number of imidazole rings is 1. The maximum atomic E-state index is 5.33. The van der Waals surface area contributed by atoms with Gasteiger partial charge in [0.2, 0.25) is 0 Å². The van der Waals surface area contributed by atoms with Gasteiger partial charge in [-0.2, -0.15) is 0 Å². The highest BCUT2D eigenvalue weighted by Gasteiger charge is 2.32. The van der Waals surface area contributed by atoms with Gasteiger partial charge < -0.3 is 9.97 Å². The van der Waals surface area contributed by atoms with Crippen molar-refractivity contribution in [3.05, 3.63) is 183 Å². The number of rotatable bonds is 5. The molecule has 8 heterocycles. The molecule has 14 aromatic rings. The molecule has 2 aliphatic rings. The van der Waals surface area contributed by atoms with Crippen molar-refractivity contribution in [1.29, 1.82) is 0 Å². The van der Waals surface area contributed by atoms with Crippen molar-refractivity contribution in [2.24, 2.45) is 0 Å². The van der Waals surface area contributed by atoms with Crippen LogP contribution in [0.3, 0.4) is 0 Å². The maximum absolute atomic E-state index is 5.33. The summed E-state index contributed by atoms with van der Waals surface area (Å²) in [6, 6.07) is 55.3. The third-order valence-electron chi connectivity index (χ3n) is 14.5. The number of nitrogens with one attached hydrogen (secondary N) is 3. The number of para-hydroxylation sites is 3. The van der Waals surface area contributed by atoms with Crippen molar-refractivity contribution in [1.82, 2.24) is 65.5 Å². The lowest BCUT2D eigenvalue weighted by molar-refractivity contribution is 0.863. The van der Waals surface area contributed by atoms with E-state index in [1.807, 2.05) is 24.4 Å². The Balaban J connectivity index is 1.22. The number of fused-ring (bicyclic) bond motifs is 13. The van der Waals surface area contributed by atoms with Crippen LogP contribution in [-0.2, 0) is 0 Å². The van der Waals surface area contributed by atoms with E-state index in [1.165, 1.54) is 6.33 Å². The summed E-state index contributed by atoms with van der Waals surface area (Å²) < 4.78 is 0. The molecule has 0 spiro atoms. The van der Waals surface area contributed by atoms with E-state index in [-0.39, 0.29) is 0 Å². The quantitative estimate of drug-likeness (QED) is 0.111. The van der Waals surface area contributed by atoms with E-state index in [9.17, 15) is 0 Å². The second-order valence-electron chi connectivity index (χ2n) is 18.3. The molecule has 0 unspecified atom stereocenters. The van der Waals surface area contributed by atoms with Crippen LogP contribution in [0, 0.1) is 0 Å². The van der Waals surface area contributed by atoms with E-state index >= 15 is 0 Å². The standard InChI is InChI=1S/C60H33N13/c1-3-13-33-32(12-1)29-63-44-23-9-17-37(48(33)44)51-50(35-15-8-22-43-40(35)27-31-11-2-5-20-41(31)66-43)53(46-28-47-59(71-69-46)62-26-25-61-47)54-49-38(56-58-60(65-30-64-58)72-73-70-56)19-10-24-45(49)68-57(54)52(51)39-18-7-16-36-34-14-4-6-21-42(34)67-55(36)39/h1-30,67-68H,(H,64,65,70,72). The first-order valence-corrected chi connectivity index (χ1v) is 23.9. The third kappa shape index (κ3) is 5.72. The Morgan fingerprint density at radius 3 is 2.07 bits per heavy atom. The molecule has 0 amide bonds. The van der Waals surface area contributed by atoms with E-state index in [1.54, 1.807) is 12.4 Å². The lowest BCUT2D eigenvalue weighted by Crippen LogP contribution is -2.02. The first-order chi connectivity index (χ1) is 36.2. The summed E-state index contributed by atoms with van der Waals surface area (Å²) in [5.41, 5.74) is 16.6. The average Bonchev–Trinajstić information content (AvgIpc) is 4.23. The highest BCUT2D eigenvalue weighted by molar-refractivity contribution is 6.32. The van der Waals surface area contributed by atoms with Gasteiger partial charge >= 0.3 is 0 Å². The van der Waals surface area contributed by atoms with Gasteiger partial charge in [-0.05, 0) is 59.0 Å². The fourth-order valence-corrected chi connectivity index (χ4v) is 11.4. The number of pyridine rings is 2. The number of aromatic amines is 3. The van der Waals surface area contributed by atoms with Gasteiger partial charge in [0.05, 0.1) is 33.3 Å². The molecular formula is C60H33N13. The van der Waals surface area contributed by atoms with E-state index in [2.05, 4.69) is 170 Å². The SMILES string of the molecule is c1ccc2nc3cccc(-c4c(-c5cccc6ncc7ccccc7c56)c(-c5cccc6c5[nH]c5ccccc56)c5[nH]c6cccc(-c7nn[nH]c8ncnc7-8)c6c5c4-c4cc5nccnc5nn4)c3cc2c1. The first kappa shape index (κ1) is 39.4. The van der Waals surface area contributed by atoms with Gasteiger partial charge in [0, 0.05) is 106 Å². The van der Waals surface area contributed by atoms with Gasteiger partial charge in [0.1, 0.15) is 23.2 Å². The second kappa shape index (κ2) is 15.1. The number of H-pyrrole nitrogens is 3. The summed E-state index contributed by atoms with van der Waals surface area (Å²) >= 11 is 0. The molecule has 16 rings (SSSR count). The topological polar surface area (TPSA) is 176 Å². The van der Waals surface area contributed by atoms with Gasteiger partial charge in [-0.15, -0.1) is 15.3 Å². The van der Waals surface area contributed by atoms with Crippen molar-refractivity contribution in [3.63, 3.8) is 0 Å². The van der Waals surface area contributed by atoms with Crippen LogP contribution in [0.1, 0.15) is 0 Å². The Bertz CT molecular complexity index is 4950. The lowest BCUT2D eigenvalue weighted by Gasteiger charge is -2.24. The minimum atomic E-state index is 0.436. The molecule has 0 radical (unpaired) electrons. The highest BCUT2D eigenvalue weighted by atomic mass is 15.3. The van der Waals surface area contributed by atoms with Crippen LogP contribution >= 0.6 is 0 Å². The molecule has 73 heavy (non-hydrogen) atoms. The maximum Gasteiger partial charge on any atom is 0.200 e. The molecule has 0 bridgehead atoms. The molecular weight excluding hydrogens is 903 g/mol. The van der Waals surface area contributed by atoms with E-state index < -0.39 is 0 Å². The molecule has 0 aliphatic carbocycles. The summed E-state index contributed by atoms with van der Waals surface area (Å²) in [6.45, 7) is 0. The molecule has 338 valence electrons. The Morgan fingerprint density at radius 2 is 1.11 bits per heavy atom. The Kier molecular flexibility index (Phi) is 8.13. The predicted octanol–water partition coefficient (Wildman–Crippen LogP) is 13.4. The highest BCUT2D eigenvalue weighted by Crippen LogP contribution is 2.56. The van der Waals surface area contributed by atoms with E-state index in [0.717, 1.165) is 132 Å². The summed E-state index contributed by atoms with van der Waals surface area (Å²) in [7, 11) is 0. The molecule has 0 fully saturated rings. The van der Waals surface area contributed by atoms with Crippen LogP contribution in [0.2, 0.25) is 0 Å². The Morgan fingerprint density at radius 1 is 0.384 bits per heavy atom. The van der Waals surface area contributed by atoms with Crippen LogP contribution in [-0.4, -0.2) is 65.5 Å². The van der Waals surface area contributed by atoms with Crippen LogP contribution in [0.5, 0.6) is 0 Å². The molecule has 0 atom stereocenters. The van der Waals surface area contributed by atoms with Crippen molar-refractivity contribution < 1.29 is 0 Å². The van der Waals surface area contributed by atoms with Gasteiger partial charge in [0.25, 0.3) is 0 Å². The van der Waals surface area contributed by atoms with Gasteiger partial charge in [0.15, 0.2) is 11.5 Å². The van der Waals surface area contributed by atoms with Crippen LogP contribution in [0.15, 0.2) is 183 Å². The monoisotopic (exact) mass is 935 g/mol. The third-order valence-corrected chi connectivity index (χ3v) is 14.5. The number of aromatic nitrogens is 13. The average molecular weight is 936 g/mol. The Labute approximate surface area is 412 Å². The molecule has 13 heteroatoms. The van der Waals surface area contributed by atoms with Crippen LogP contribution in [0.25, 0.3) is 166 Å². The van der Waals surface area contributed by atoms with Crippen LogP contribution < -0.4 is 0 Å². The summed E-state index contributed by atoms with van der Waals surface area (Å²) in [5, 5.41) is 31.2. The van der Waals surface area contributed by atoms with E-state index in [4.69, 9.17) is 35.2 Å². The minimum absolute atomic E-state index is 0.436. The van der Waals surface area contributed by atoms with Gasteiger partial charge in [-0.3, -0.25) is 9.97 Å². The smallest absolute Gasteiger partial charge is 0.200 e. The molecule has 0 saturated carbocycles. The zero-order valence-electron chi connectivity index (χ0n) is 38.3. The van der Waals surface area contributed by atoms with Crippen molar-refractivity contribution in [3.8, 4) is 67.4 Å². The normalized spacial score (nSPS) is 12.1. The van der Waals surface area contributed by atoms with Crippen LogP contribution in [0.4, 0.5) is 0 Å². The largest absolute Gasteiger partial charge is 0.354 e. The zero-order valence-corrected chi connectivity index (χ0v) is 38.3. The van der Waals surface area contributed by atoms with Gasteiger partial charge in [-0.25, -0.2) is 25.0 Å². The molecule has 3 N–H and O–H groups in total. The second-order valence-corrected chi connectivity index (χ2v) is 18.3. The number of hydrogen-bond donors (Lipinski definition) is 3. The van der Waals surface area contributed by atoms with E-state index in [0.29, 0.717) is 34.1 Å². The molecule has 6 aromatic heterocycles.